The zero-order chi connectivity index (χ0) is 25.6. The maximum atomic E-state index is 13.9. The van der Waals surface area contributed by atoms with Crippen LogP contribution in [0.1, 0.15) is 113 Å². The molecular formula is C31H48O4. The number of fused-ring (bicyclic) bond motifs is 6. The number of ether oxygens (including phenoxy) is 1. The quantitative estimate of drug-likeness (QED) is 0.454. The van der Waals surface area contributed by atoms with Crippen molar-refractivity contribution in [1.82, 2.24) is 0 Å². The van der Waals surface area contributed by atoms with E-state index in [4.69, 9.17) is 4.74 Å². The summed E-state index contributed by atoms with van der Waals surface area (Å²) in [7, 11) is 0. The maximum absolute atomic E-state index is 13.9. The van der Waals surface area contributed by atoms with Crippen LogP contribution in [0.5, 0.6) is 0 Å². The molecule has 3 saturated carbocycles. The van der Waals surface area contributed by atoms with Crippen LogP contribution in [-0.4, -0.2) is 29.1 Å². The highest BCUT2D eigenvalue weighted by molar-refractivity contribution is 5.96. The number of ketones is 1. The van der Waals surface area contributed by atoms with Crippen LogP contribution in [0.3, 0.4) is 0 Å². The molecule has 196 valence electrons. The van der Waals surface area contributed by atoms with Crippen molar-refractivity contribution in [2.45, 2.75) is 125 Å². The molecule has 4 aliphatic carbocycles. The van der Waals surface area contributed by atoms with E-state index < -0.39 is 11.5 Å². The van der Waals surface area contributed by atoms with E-state index in [2.05, 4.69) is 34.6 Å². The van der Waals surface area contributed by atoms with E-state index >= 15 is 0 Å². The highest BCUT2D eigenvalue weighted by atomic mass is 16.5. The van der Waals surface area contributed by atoms with Gasteiger partial charge < -0.3 is 9.84 Å². The molecule has 1 unspecified atom stereocenters. The van der Waals surface area contributed by atoms with Crippen LogP contribution in [0.25, 0.3) is 0 Å². The number of carbonyl (C=O) groups excluding carboxylic acids is 2. The molecule has 0 aromatic carbocycles. The molecule has 4 nitrogen and oxygen atoms in total. The van der Waals surface area contributed by atoms with Crippen LogP contribution in [-0.2, 0) is 14.3 Å². The summed E-state index contributed by atoms with van der Waals surface area (Å²) < 4.78 is 5.77. The summed E-state index contributed by atoms with van der Waals surface area (Å²) in [6.45, 7) is 15.9. The molecule has 0 aromatic heterocycles. The lowest BCUT2D eigenvalue weighted by molar-refractivity contribution is -0.207. The third-order valence-corrected chi connectivity index (χ3v) is 12.6. The Morgan fingerprint density at radius 2 is 1.74 bits per heavy atom. The molecule has 0 aromatic rings. The van der Waals surface area contributed by atoms with E-state index in [1.165, 1.54) is 38.5 Å². The van der Waals surface area contributed by atoms with Gasteiger partial charge in [-0.15, -0.1) is 0 Å². The van der Waals surface area contributed by atoms with Gasteiger partial charge in [-0.1, -0.05) is 47.5 Å². The van der Waals surface area contributed by atoms with E-state index in [-0.39, 0.29) is 41.0 Å². The van der Waals surface area contributed by atoms with Gasteiger partial charge in [0.25, 0.3) is 0 Å². The smallest absolute Gasteiger partial charge is 0.335 e. The zero-order valence-corrected chi connectivity index (χ0v) is 23.2. The van der Waals surface area contributed by atoms with Gasteiger partial charge in [0.1, 0.15) is 11.9 Å². The summed E-state index contributed by atoms with van der Waals surface area (Å²) in [6, 6.07) is 0. The molecule has 1 aliphatic heterocycles. The second-order valence-electron chi connectivity index (χ2n) is 14.1. The third kappa shape index (κ3) is 3.33. The molecular weight excluding hydrogens is 436 g/mol. The van der Waals surface area contributed by atoms with Crippen LogP contribution < -0.4 is 0 Å². The molecule has 0 bridgehead atoms. The van der Waals surface area contributed by atoms with E-state index in [0.29, 0.717) is 23.2 Å². The normalized spacial score (nSPS) is 49.9. The minimum absolute atomic E-state index is 0.109. The Balaban J connectivity index is 1.65. The number of aliphatic hydroxyl groups excluding tert-OH is 1. The van der Waals surface area contributed by atoms with Gasteiger partial charge in [-0.25, -0.2) is 4.79 Å². The van der Waals surface area contributed by atoms with Gasteiger partial charge in [0.05, 0.1) is 6.10 Å². The van der Waals surface area contributed by atoms with Crippen molar-refractivity contribution < 1.29 is 19.4 Å². The number of Topliss-reactive ketones (excluding diaryl/α,β-unsaturated/α-hetero) is 1. The van der Waals surface area contributed by atoms with Crippen molar-refractivity contribution in [2.75, 3.05) is 0 Å². The fourth-order valence-corrected chi connectivity index (χ4v) is 11.0. The first-order chi connectivity index (χ1) is 16.3. The Morgan fingerprint density at radius 1 is 1.06 bits per heavy atom. The average Bonchev–Trinajstić information content (AvgIpc) is 3.06. The summed E-state index contributed by atoms with van der Waals surface area (Å²) in [4.78, 5) is 27.2. The average molecular weight is 485 g/mol. The monoisotopic (exact) mass is 484 g/mol. The fraction of sp³-hybridized carbons (Fsp3) is 0.871. The van der Waals surface area contributed by atoms with Gasteiger partial charge in [0, 0.05) is 23.3 Å². The number of aliphatic hydroxyl groups is 1. The SMILES string of the molecule is CC[C@@]1(C)CCC[C@]2(C)[C@H]3C[C@H](C(=O)CC(C)O)[C@]4(C)C5=C(CC[C@H]4[C@]3(C)CC[C@@H]12)[C@@H](C)OC5=O. The van der Waals surface area contributed by atoms with Gasteiger partial charge in [-0.2, -0.15) is 0 Å². The standard InChI is InChI=1S/C31H48O4/c1-8-28(4)13-9-14-29(5)23(28)12-15-30(6)24-11-10-20-19(3)35-27(34)26(20)31(24,7)21(17-25(29)30)22(33)16-18(2)32/h18-19,21,23-25,32H,8-17H2,1-7H3/t18?,19-,21-,23+,24+,25-,28+,29+,30+,31+/m1/s1. The summed E-state index contributed by atoms with van der Waals surface area (Å²) in [5.74, 6) is 1.19. The summed E-state index contributed by atoms with van der Waals surface area (Å²) in [6.07, 6.45) is 9.67. The van der Waals surface area contributed by atoms with Crippen LogP contribution >= 0.6 is 0 Å². The number of hydrogen-bond donors (Lipinski definition) is 1. The van der Waals surface area contributed by atoms with Crippen molar-refractivity contribution in [2.24, 2.45) is 45.3 Å². The Kier molecular flexibility index (Phi) is 5.95. The van der Waals surface area contributed by atoms with Gasteiger partial charge in [0.15, 0.2) is 0 Å². The van der Waals surface area contributed by atoms with Gasteiger partial charge in [-0.3, -0.25) is 4.79 Å². The molecule has 0 radical (unpaired) electrons. The van der Waals surface area contributed by atoms with E-state index in [1.807, 2.05) is 6.92 Å². The molecule has 3 fully saturated rings. The van der Waals surface area contributed by atoms with Gasteiger partial charge >= 0.3 is 5.97 Å². The Hall–Kier alpha value is -1.16. The number of carbonyl (C=O) groups is 2. The van der Waals surface area contributed by atoms with Crippen LogP contribution in [0.2, 0.25) is 0 Å². The lowest BCUT2D eigenvalue weighted by Gasteiger charge is -2.70. The minimum Gasteiger partial charge on any atom is -0.455 e. The molecule has 4 heteroatoms. The summed E-state index contributed by atoms with van der Waals surface area (Å²) >= 11 is 0. The molecule has 35 heavy (non-hydrogen) atoms. The number of esters is 1. The Labute approximate surface area is 212 Å². The first kappa shape index (κ1) is 25.5. The van der Waals surface area contributed by atoms with Crippen molar-refractivity contribution in [3.8, 4) is 0 Å². The maximum Gasteiger partial charge on any atom is 0.335 e. The molecule has 1 heterocycles. The molecule has 0 spiro atoms. The molecule has 5 aliphatic rings. The van der Waals surface area contributed by atoms with E-state index in [0.717, 1.165) is 30.4 Å². The molecule has 1 N–H and O–H groups in total. The number of hydrogen-bond acceptors (Lipinski definition) is 4. The highest BCUT2D eigenvalue weighted by Gasteiger charge is 2.69. The molecule has 0 saturated heterocycles. The van der Waals surface area contributed by atoms with Crippen molar-refractivity contribution in [3.63, 3.8) is 0 Å². The summed E-state index contributed by atoms with van der Waals surface area (Å²) in [5, 5.41) is 10.2. The molecule has 0 amide bonds. The van der Waals surface area contributed by atoms with E-state index in [1.54, 1.807) is 6.92 Å². The molecule has 10 atom stereocenters. The van der Waals surface area contributed by atoms with Gasteiger partial charge in [-0.05, 0) is 98.4 Å². The lowest BCUT2D eigenvalue weighted by atomic mass is 9.33. The van der Waals surface area contributed by atoms with Crippen LogP contribution in [0.15, 0.2) is 11.1 Å². The minimum atomic E-state index is -0.655. The van der Waals surface area contributed by atoms with Crippen LogP contribution in [0, 0.1) is 45.3 Å². The summed E-state index contributed by atoms with van der Waals surface area (Å²) in [5.41, 5.74) is 2.18. The predicted molar refractivity (Wildman–Crippen MR) is 137 cm³/mol. The number of rotatable bonds is 4. The topological polar surface area (TPSA) is 63.6 Å². The Morgan fingerprint density at radius 3 is 2.40 bits per heavy atom. The van der Waals surface area contributed by atoms with Crippen molar-refractivity contribution in [1.29, 1.82) is 0 Å². The second-order valence-corrected chi connectivity index (χ2v) is 14.1. The van der Waals surface area contributed by atoms with Crippen molar-refractivity contribution >= 4 is 11.8 Å². The second kappa shape index (κ2) is 8.17. The number of cyclic esters (lactones) is 1. The fourth-order valence-electron chi connectivity index (χ4n) is 11.0. The lowest BCUT2D eigenvalue weighted by Crippen LogP contribution is -2.65. The predicted octanol–water partition coefficient (Wildman–Crippen LogP) is 6.64. The first-order valence-electron chi connectivity index (χ1n) is 14.5. The van der Waals surface area contributed by atoms with Gasteiger partial charge in [0.2, 0.25) is 0 Å². The first-order valence-corrected chi connectivity index (χ1v) is 14.5. The molecule has 5 rings (SSSR count). The van der Waals surface area contributed by atoms with Crippen molar-refractivity contribution in [3.05, 3.63) is 11.1 Å². The highest BCUT2D eigenvalue weighted by Crippen LogP contribution is 2.75. The van der Waals surface area contributed by atoms with Crippen LogP contribution in [0.4, 0.5) is 0 Å². The largest absolute Gasteiger partial charge is 0.455 e. The third-order valence-electron chi connectivity index (χ3n) is 12.6. The Bertz CT molecular complexity index is 950. The van der Waals surface area contributed by atoms with E-state index in [9.17, 15) is 14.7 Å². The zero-order valence-electron chi connectivity index (χ0n) is 23.2.